The van der Waals surface area contributed by atoms with Crippen molar-refractivity contribution in [2.24, 2.45) is 11.8 Å². The van der Waals surface area contributed by atoms with E-state index in [9.17, 15) is 19.2 Å². The van der Waals surface area contributed by atoms with Crippen molar-refractivity contribution in [2.45, 2.75) is 66.1 Å². The number of allylic oxidation sites excluding steroid dienone is 5. The summed E-state index contributed by atoms with van der Waals surface area (Å²) >= 11 is 0. The minimum atomic E-state index is -0.963. The first-order valence-electron chi connectivity index (χ1n) is 10.4. The summed E-state index contributed by atoms with van der Waals surface area (Å²) in [7, 11) is 0. The van der Waals surface area contributed by atoms with Gasteiger partial charge in [0.05, 0.1) is 18.4 Å². The monoisotopic (exact) mass is 430 g/mol. The maximum absolute atomic E-state index is 13.0. The van der Waals surface area contributed by atoms with Crippen molar-refractivity contribution >= 4 is 24.0 Å². The number of esters is 2. The molecule has 0 aromatic carbocycles. The Hall–Kier alpha value is -2.96. The van der Waals surface area contributed by atoms with Crippen molar-refractivity contribution in [3.63, 3.8) is 0 Å². The van der Waals surface area contributed by atoms with Crippen molar-refractivity contribution in [3.05, 3.63) is 47.0 Å². The van der Waals surface area contributed by atoms with Crippen LogP contribution in [0.3, 0.4) is 0 Å². The number of ether oxygens (including phenoxy) is 3. The Bertz CT molecular complexity index is 840. The number of ketones is 1. The van der Waals surface area contributed by atoms with Crippen molar-refractivity contribution in [2.75, 3.05) is 0 Å². The molecule has 2 aliphatic rings. The van der Waals surface area contributed by atoms with Crippen molar-refractivity contribution in [3.8, 4) is 0 Å². The highest BCUT2D eigenvalue weighted by Crippen LogP contribution is 2.42. The van der Waals surface area contributed by atoms with E-state index >= 15 is 0 Å². The van der Waals surface area contributed by atoms with E-state index in [0.717, 1.165) is 11.9 Å². The van der Waals surface area contributed by atoms with Crippen LogP contribution in [0.4, 0.5) is 0 Å². The number of fused-ring (bicyclic) bond motifs is 1. The van der Waals surface area contributed by atoms with E-state index in [4.69, 9.17) is 14.2 Å². The van der Waals surface area contributed by atoms with E-state index in [2.05, 4.69) is 0 Å². The van der Waals surface area contributed by atoms with Crippen LogP contribution in [0.15, 0.2) is 47.0 Å². The molecular formula is C24H30O7. The second kappa shape index (κ2) is 11.4. The van der Waals surface area contributed by atoms with Crippen LogP contribution in [0.25, 0.3) is 0 Å². The van der Waals surface area contributed by atoms with E-state index in [1.807, 2.05) is 26.0 Å². The van der Waals surface area contributed by atoms with Gasteiger partial charge in [-0.3, -0.25) is 19.2 Å². The molecule has 0 fully saturated rings. The lowest BCUT2D eigenvalue weighted by atomic mass is 9.75. The largest absolute Gasteiger partial charge is 0.461 e. The van der Waals surface area contributed by atoms with Gasteiger partial charge in [0.25, 0.3) is 6.29 Å². The third-order valence-corrected chi connectivity index (χ3v) is 5.28. The fraction of sp³-hybridized carbons (Fsp3) is 0.500. The van der Waals surface area contributed by atoms with E-state index in [1.54, 1.807) is 0 Å². The quantitative estimate of drug-likeness (QED) is 0.271. The molecule has 0 bridgehead atoms. The number of hydrogen-bond acceptors (Lipinski definition) is 7. The highest BCUT2D eigenvalue weighted by atomic mass is 16.7. The number of carbonyl (C=O) groups is 4. The molecule has 0 N–H and O–H groups in total. The molecule has 0 saturated heterocycles. The third kappa shape index (κ3) is 7.05. The molecule has 0 aromatic heterocycles. The summed E-state index contributed by atoms with van der Waals surface area (Å²) in [4.78, 5) is 47.6. The Labute approximate surface area is 182 Å². The molecule has 1 heterocycles. The Kier molecular flexibility index (Phi) is 8.97. The molecule has 168 valence electrons. The molecule has 0 aromatic rings. The average Bonchev–Trinajstić information content (AvgIpc) is 2.79. The first-order valence-corrected chi connectivity index (χ1v) is 10.4. The van der Waals surface area contributed by atoms with Gasteiger partial charge in [0, 0.05) is 31.8 Å². The summed E-state index contributed by atoms with van der Waals surface area (Å²) in [6.45, 7) is 6.41. The lowest BCUT2D eigenvalue weighted by molar-refractivity contribution is -0.180. The fourth-order valence-electron chi connectivity index (χ4n) is 3.80. The van der Waals surface area contributed by atoms with Gasteiger partial charge < -0.3 is 14.2 Å². The lowest BCUT2D eigenvalue weighted by Crippen LogP contribution is -2.40. The molecule has 0 radical (unpaired) electrons. The summed E-state index contributed by atoms with van der Waals surface area (Å²) in [5.74, 6) is -2.03. The Morgan fingerprint density at radius 2 is 1.87 bits per heavy atom. The molecule has 0 spiro atoms. The summed E-state index contributed by atoms with van der Waals surface area (Å²) in [6, 6.07) is 0. The van der Waals surface area contributed by atoms with E-state index in [-0.39, 0.29) is 12.2 Å². The maximum Gasteiger partial charge on any atom is 0.307 e. The van der Waals surface area contributed by atoms with E-state index in [0.29, 0.717) is 42.4 Å². The fourth-order valence-corrected chi connectivity index (χ4v) is 3.80. The minimum absolute atomic E-state index is 0.107. The van der Waals surface area contributed by atoms with Crippen LogP contribution in [-0.4, -0.2) is 30.3 Å². The molecule has 2 rings (SSSR count). The number of aldehydes is 1. The van der Waals surface area contributed by atoms with Crippen LogP contribution in [0.2, 0.25) is 0 Å². The lowest BCUT2D eigenvalue weighted by Gasteiger charge is -2.37. The van der Waals surface area contributed by atoms with Crippen LogP contribution in [0.5, 0.6) is 0 Å². The first kappa shape index (κ1) is 24.3. The van der Waals surface area contributed by atoms with Crippen molar-refractivity contribution in [1.29, 1.82) is 0 Å². The zero-order chi connectivity index (χ0) is 23.0. The van der Waals surface area contributed by atoms with Gasteiger partial charge in [-0.1, -0.05) is 17.7 Å². The van der Waals surface area contributed by atoms with Gasteiger partial charge >= 0.3 is 11.9 Å². The molecule has 3 atom stereocenters. The molecule has 31 heavy (non-hydrogen) atoms. The smallest absolute Gasteiger partial charge is 0.307 e. The molecule has 0 saturated carbocycles. The van der Waals surface area contributed by atoms with Gasteiger partial charge in [-0.2, -0.15) is 0 Å². The molecule has 1 aliphatic heterocycles. The van der Waals surface area contributed by atoms with Gasteiger partial charge in [0.1, 0.15) is 6.29 Å². The van der Waals surface area contributed by atoms with Crippen LogP contribution in [0, 0.1) is 11.8 Å². The van der Waals surface area contributed by atoms with Gasteiger partial charge in [-0.25, -0.2) is 0 Å². The average molecular weight is 430 g/mol. The summed E-state index contributed by atoms with van der Waals surface area (Å²) in [6.07, 6.45) is 8.57. The van der Waals surface area contributed by atoms with Crippen LogP contribution in [-0.2, 0) is 33.4 Å². The van der Waals surface area contributed by atoms with Gasteiger partial charge in [0.15, 0.2) is 5.78 Å². The van der Waals surface area contributed by atoms with Crippen LogP contribution >= 0.6 is 0 Å². The van der Waals surface area contributed by atoms with Crippen molar-refractivity contribution in [1.82, 2.24) is 0 Å². The van der Waals surface area contributed by atoms with E-state index < -0.39 is 30.1 Å². The summed E-state index contributed by atoms with van der Waals surface area (Å²) in [5, 5.41) is 0. The Morgan fingerprint density at radius 1 is 1.13 bits per heavy atom. The summed E-state index contributed by atoms with van der Waals surface area (Å²) in [5.41, 5.74) is 2.84. The third-order valence-electron chi connectivity index (χ3n) is 5.28. The standard InChI is InChI=1S/C24H30O7/c1-15(2)8-11-22(28)21-14-30-24(31-17(4)27)23-19(13-29-16(3)26)7-5-6-18(12-25)9-10-20(21)23/h8-9,12-14,20,23-24H,5-7,10-11H2,1-4H3/t20-,23-,24-/m1/s1. The number of hydrogen-bond donors (Lipinski definition) is 0. The molecule has 0 amide bonds. The Morgan fingerprint density at radius 3 is 2.48 bits per heavy atom. The second-order valence-corrected chi connectivity index (χ2v) is 8.02. The zero-order valence-electron chi connectivity index (χ0n) is 18.5. The highest BCUT2D eigenvalue weighted by molar-refractivity contribution is 5.97. The van der Waals surface area contributed by atoms with Crippen molar-refractivity contribution < 1.29 is 33.4 Å². The normalized spacial score (nSPS) is 24.6. The molecule has 7 heteroatoms. The molecular weight excluding hydrogens is 400 g/mol. The second-order valence-electron chi connectivity index (χ2n) is 8.02. The SMILES string of the molecule is CC(=O)OC=C1CCCC(C=O)=CC[C@@H]2C(C(=O)CC=C(C)C)=CO[C@H](OC(C)=O)[C@H]12. The minimum Gasteiger partial charge on any atom is -0.461 e. The zero-order valence-corrected chi connectivity index (χ0v) is 18.5. The van der Waals surface area contributed by atoms with Crippen LogP contribution in [0.1, 0.15) is 59.8 Å². The van der Waals surface area contributed by atoms with Gasteiger partial charge in [0.2, 0.25) is 0 Å². The molecule has 0 unspecified atom stereocenters. The summed E-state index contributed by atoms with van der Waals surface area (Å²) < 4.78 is 16.3. The first-order chi connectivity index (χ1) is 14.7. The van der Waals surface area contributed by atoms with Gasteiger partial charge in [-0.05, 0) is 50.7 Å². The predicted octanol–water partition coefficient (Wildman–Crippen LogP) is 4.09. The topological polar surface area (TPSA) is 96.0 Å². The number of rotatable bonds is 6. The van der Waals surface area contributed by atoms with Crippen LogP contribution < -0.4 is 0 Å². The van der Waals surface area contributed by atoms with Gasteiger partial charge in [-0.15, -0.1) is 0 Å². The Balaban J connectivity index is 2.54. The maximum atomic E-state index is 13.0. The number of Topliss-reactive ketones (excluding diaryl/α,β-unsaturated/α-hetero) is 1. The highest BCUT2D eigenvalue weighted by Gasteiger charge is 2.42. The molecule has 7 nitrogen and oxygen atoms in total. The predicted molar refractivity (Wildman–Crippen MR) is 113 cm³/mol. The molecule has 1 aliphatic carbocycles. The number of carbonyl (C=O) groups excluding carboxylic acids is 4. The van der Waals surface area contributed by atoms with E-state index in [1.165, 1.54) is 26.4 Å².